The van der Waals surface area contributed by atoms with E-state index in [9.17, 15) is 42.7 Å². The molecule has 0 aromatic carbocycles. The Hall–Kier alpha value is -0.600. The van der Waals surface area contributed by atoms with Crippen LogP contribution in [0.5, 0.6) is 0 Å². The summed E-state index contributed by atoms with van der Waals surface area (Å²) < 4.78 is 109. The van der Waals surface area contributed by atoms with Crippen LogP contribution in [0.2, 0.25) is 0 Å². The molecular formula is C6H12F6N2O4S2. The van der Waals surface area contributed by atoms with E-state index in [2.05, 4.69) is 19.2 Å². The fourth-order valence-corrected chi connectivity index (χ4v) is 2.36. The van der Waals surface area contributed by atoms with Gasteiger partial charge in [-0.1, -0.05) is 21.9 Å². The number of rotatable bonds is 5. The summed E-state index contributed by atoms with van der Waals surface area (Å²) in [6.45, 7) is 6.39. The van der Waals surface area contributed by atoms with Crippen LogP contribution in [0.25, 0.3) is 0 Å². The Bertz CT molecular complexity index is 484. The van der Waals surface area contributed by atoms with Gasteiger partial charge >= 0.3 is 31.9 Å². The average molecular weight is 354 g/mol. The van der Waals surface area contributed by atoms with Gasteiger partial charge in [-0.25, -0.2) is 8.42 Å². The Kier molecular flexibility index (Phi) is 8.05. The summed E-state index contributed by atoms with van der Waals surface area (Å²) in [5.74, 6) is 0. The molecule has 0 radical (unpaired) electrons. The van der Waals surface area contributed by atoms with E-state index in [1.54, 1.807) is 0 Å². The average Bonchev–Trinajstić information content (AvgIpc) is 2.13. The van der Waals surface area contributed by atoms with Crippen molar-refractivity contribution in [2.75, 3.05) is 13.1 Å². The van der Waals surface area contributed by atoms with Gasteiger partial charge in [-0.15, -0.1) is 0 Å². The highest BCUT2D eigenvalue weighted by Gasteiger charge is 2.68. The van der Waals surface area contributed by atoms with Crippen molar-refractivity contribution in [3.8, 4) is 0 Å². The molecular weight excluding hydrogens is 342 g/mol. The van der Waals surface area contributed by atoms with Crippen molar-refractivity contribution in [3.63, 3.8) is 0 Å². The highest BCUT2D eigenvalue weighted by atomic mass is 32.3. The van der Waals surface area contributed by atoms with Gasteiger partial charge in [0.15, 0.2) is 0 Å². The molecule has 6 nitrogen and oxygen atoms in total. The van der Waals surface area contributed by atoms with E-state index >= 15 is 0 Å². The zero-order chi connectivity index (χ0) is 16.8. The lowest BCUT2D eigenvalue weighted by Crippen LogP contribution is -2.50. The molecule has 2 N–H and O–H groups in total. The van der Waals surface area contributed by atoms with E-state index in [1.807, 2.05) is 0 Å². The first kappa shape index (κ1) is 21.7. The predicted octanol–water partition coefficient (Wildman–Crippen LogP) is 0.891. The maximum Gasteiger partial charge on any atom is 0.471 e. The van der Waals surface area contributed by atoms with Gasteiger partial charge in [-0.2, -0.15) is 30.4 Å². The first-order valence-electron chi connectivity index (χ1n) is 4.75. The van der Waals surface area contributed by atoms with Gasteiger partial charge in [0.05, 0.1) is 0 Å². The monoisotopic (exact) mass is 354 g/mol. The molecule has 0 rings (SSSR count). The van der Waals surface area contributed by atoms with Crippen molar-refractivity contribution in [3.05, 3.63) is 0 Å². The molecule has 0 saturated heterocycles. The maximum atomic E-state index is 12.0. The van der Waals surface area contributed by atoms with Gasteiger partial charge in [0.2, 0.25) is 0 Å². The summed E-state index contributed by atoms with van der Waals surface area (Å²) >= 11 is 0. The van der Waals surface area contributed by atoms with Crippen molar-refractivity contribution in [2.45, 2.75) is 25.3 Å². The van der Waals surface area contributed by atoms with Crippen molar-refractivity contribution in [1.82, 2.24) is 9.44 Å². The molecule has 0 spiro atoms. The molecule has 124 valence electrons. The van der Waals surface area contributed by atoms with Crippen LogP contribution in [0.15, 0.2) is 0 Å². The lowest BCUT2D eigenvalue weighted by Gasteiger charge is -2.18. The summed E-state index contributed by atoms with van der Waals surface area (Å²) in [5, 5.41) is -3.31. The van der Waals surface area contributed by atoms with Crippen molar-refractivity contribution in [2.24, 2.45) is 0 Å². The summed E-state index contributed by atoms with van der Waals surface area (Å²) in [7, 11) is -13.0. The van der Waals surface area contributed by atoms with Gasteiger partial charge in [-0.05, 0) is 13.1 Å². The number of sulfonamides is 1. The van der Waals surface area contributed by atoms with Crippen LogP contribution in [-0.2, 0) is 20.4 Å². The van der Waals surface area contributed by atoms with E-state index in [1.165, 1.54) is 0 Å². The normalized spacial score (nSPS) is 13.6. The minimum Gasteiger partial charge on any atom is -0.317 e. The van der Waals surface area contributed by atoms with E-state index in [0.717, 1.165) is 13.1 Å². The number of nitrogens with one attached hydrogen (secondary N) is 2. The van der Waals surface area contributed by atoms with Crippen molar-refractivity contribution in [1.29, 1.82) is 0 Å². The summed E-state index contributed by atoms with van der Waals surface area (Å²) in [4.78, 5) is 0. The zero-order valence-corrected chi connectivity index (χ0v) is 11.8. The Balaban J connectivity index is 0. The number of hydrogen-bond acceptors (Lipinski definition) is 5. The van der Waals surface area contributed by atoms with Crippen LogP contribution in [-0.4, -0.2) is 41.4 Å². The molecule has 0 saturated carbocycles. The molecule has 0 amide bonds. The van der Waals surface area contributed by atoms with Gasteiger partial charge in [-0.3, -0.25) is 0 Å². The van der Waals surface area contributed by atoms with Gasteiger partial charge in [0, 0.05) is 0 Å². The van der Waals surface area contributed by atoms with Crippen LogP contribution in [0, 0.1) is 0 Å². The topological polar surface area (TPSA) is 92.3 Å². The minimum absolute atomic E-state index is 0.450. The Labute approximate surface area is 111 Å². The fourth-order valence-electron chi connectivity index (χ4n) is 0.586. The molecule has 0 aliphatic carbocycles. The summed E-state index contributed by atoms with van der Waals surface area (Å²) in [5.41, 5.74) is 0. The second kappa shape index (κ2) is 7.42. The quantitative estimate of drug-likeness (QED) is 0.565. The van der Waals surface area contributed by atoms with Gasteiger partial charge < -0.3 is 5.32 Å². The summed E-state index contributed by atoms with van der Waals surface area (Å²) in [6, 6.07) is 0. The lowest BCUT2D eigenvalue weighted by molar-refractivity contribution is -0.241. The molecule has 0 aromatic rings. The van der Waals surface area contributed by atoms with Gasteiger partial charge in [0.1, 0.15) is 0 Å². The maximum absolute atomic E-state index is 12.0. The van der Waals surface area contributed by atoms with Crippen LogP contribution in [0.4, 0.5) is 25.8 Å². The van der Waals surface area contributed by atoms with Crippen LogP contribution < -0.4 is 9.44 Å². The van der Waals surface area contributed by atoms with Gasteiger partial charge in [0.25, 0.3) is 0 Å². The highest BCUT2D eigenvalue weighted by Crippen LogP contribution is 2.39. The fraction of sp³-hybridized carbons (Fsp3) is 1.00. The van der Waals surface area contributed by atoms with Crippen LogP contribution >= 0.6 is 0 Å². The second-order valence-corrected chi connectivity index (χ2v) is 6.06. The third-order valence-electron chi connectivity index (χ3n) is 1.38. The summed E-state index contributed by atoms with van der Waals surface area (Å²) in [6.07, 6.45) is -6.57. The molecule has 0 aromatic heterocycles. The lowest BCUT2D eigenvalue weighted by atomic mass is 10.7. The standard InChI is InChI=1S/C4H11N.C2HF6NO4S2/c1-3-5-4-2;3-1(4,5)2(6,7)14(10,11)9-15(8,12)13/h5H,3-4H2,1-2H3;9H. The first-order chi connectivity index (χ1) is 8.62. The van der Waals surface area contributed by atoms with E-state index < -0.39 is 36.0 Å². The second-order valence-electron chi connectivity index (χ2n) is 3.00. The zero-order valence-electron chi connectivity index (χ0n) is 10.1. The molecule has 20 heavy (non-hydrogen) atoms. The Morgan fingerprint density at radius 2 is 1.25 bits per heavy atom. The predicted molar refractivity (Wildman–Crippen MR) is 57.3 cm³/mol. The van der Waals surface area contributed by atoms with Crippen molar-refractivity contribution >= 4 is 20.4 Å². The Morgan fingerprint density at radius 1 is 0.900 bits per heavy atom. The van der Waals surface area contributed by atoms with Crippen LogP contribution in [0.3, 0.4) is 0 Å². The molecule has 14 heteroatoms. The molecule has 0 aliphatic heterocycles. The molecule has 0 heterocycles. The highest BCUT2D eigenvalue weighted by molar-refractivity contribution is 8.03. The van der Waals surface area contributed by atoms with E-state index in [0.29, 0.717) is 0 Å². The van der Waals surface area contributed by atoms with Crippen LogP contribution in [0.1, 0.15) is 13.8 Å². The Morgan fingerprint density at radius 3 is 1.40 bits per heavy atom. The largest absolute Gasteiger partial charge is 0.471 e. The SMILES string of the molecule is CCNCC.O=S(=O)(F)NS(=O)(=O)C(F)(F)C(F)(F)F. The van der Waals surface area contributed by atoms with Crippen molar-refractivity contribution < 1.29 is 42.7 Å². The van der Waals surface area contributed by atoms with E-state index in [4.69, 9.17) is 0 Å². The molecule has 0 fully saturated rings. The third-order valence-corrected chi connectivity index (χ3v) is 3.96. The first-order valence-corrected chi connectivity index (χ1v) is 7.62. The molecule has 0 aliphatic rings. The third kappa shape index (κ3) is 7.25. The molecule has 0 unspecified atom stereocenters. The number of alkyl halides is 5. The number of hydrogen-bond donors (Lipinski definition) is 2. The molecule has 0 bridgehead atoms. The number of halogens is 6. The molecule has 0 atom stereocenters. The van der Waals surface area contributed by atoms with E-state index in [-0.39, 0.29) is 0 Å². The smallest absolute Gasteiger partial charge is 0.317 e. The minimum atomic E-state index is -6.75.